The van der Waals surface area contributed by atoms with Gasteiger partial charge in [-0.3, -0.25) is 9.59 Å². The Kier molecular flexibility index (Phi) is 4.91. The fraction of sp³-hybridized carbons (Fsp3) is 0.118. The van der Waals surface area contributed by atoms with Crippen LogP contribution in [0.5, 0.6) is 11.5 Å². The first kappa shape index (κ1) is 17.6. The Morgan fingerprint density at radius 3 is 2.52 bits per heavy atom. The number of hydrogen-bond acceptors (Lipinski definition) is 5. The highest BCUT2D eigenvalue weighted by atomic mass is 127. The summed E-state index contributed by atoms with van der Waals surface area (Å²) in [5, 5.41) is 0.398. The number of benzene rings is 2. The van der Waals surface area contributed by atoms with Crippen LogP contribution in [0.1, 0.15) is 10.4 Å². The Hall–Kier alpha value is -2.20. The van der Waals surface area contributed by atoms with Crippen molar-refractivity contribution in [3.8, 4) is 11.5 Å². The molecule has 1 aromatic heterocycles. The molecule has 2 aromatic carbocycles. The molecule has 0 unspecified atom stereocenters. The number of hydrogen-bond donors (Lipinski definition) is 1. The van der Waals surface area contributed by atoms with E-state index < -0.39 is 11.5 Å². The lowest BCUT2D eigenvalue weighted by atomic mass is 10.2. The summed E-state index contributed by atoms with van der Waals surface area (Å²) >= 11 is 7.32. The first-order chi connectivity index (χ1) is 12.0. The molecule has 1 heterocycles. The molecule has 0 saturated heterocycles. The van der Waals surface area contributed by atoms with Gasteiger partial charge in [-0.25, -0.2) is 4.57 Å². The van der Waals surface area contributed by atoms with Crippen LogP contribution >= 0.6 is 34.8 Å². The largest absolute Gasteiger partial charge is 0.493 e. The van der Waals surface area contributed by atoms with Gasteiger partial charge in [0.05, 0.1) is 25.1 Å². The SMILES string of the molecule is COc1ccc(C(=O)n2c(=S)[nH]c3ccc(I)cc3c2=O)cc1OC. The monoisotopic (exact) mass is 468 g/mol. The smallest absolute Gasteiger partial charge is 0.269 e. The predicted molar refractivity (Wildman–Crippen MR) is 105 cm³/mol. The molecule has 0 radical (unpaired) electrons. The Morgan fingerprint density at radius 2 is 1.84 bits per heavy atom. The van der Waals surface area contributed by atoms with Gasteiger partial charge in [-0.1, -0.05) is 0 Å². The molecule has 6 nitrogen and oxygen atoms in total. The van der Waals surface area contributed by atoms with Crippen molar-refractivity contribution in [1.29, 1.82) is 0 Å². The van der Waals surface area contributed by atoms with E-state index in [0.29, 0.717) is 22.4 Å². The second-order valence-electron chi connectivity index (χ2n) is 5.14. The van der Waals surface area contributed by atoms with E-state index >= 15 is 0 Å². The summed E-state index contributed by atoms with van der Waals surface area (Å²) in [7, 11) is 2.98. The first-order valence-corrected chi connectivity index (χ1v) is 8.66. The number of carbonyl (C=O) groups excluding carboxylic acids is 1. The highest BCUT2D eigenvalue weighted by Crippen LogP contribution is 2.27. The second kappa shape index (κ2) is 6.96. The molecule has 0 aliphatic heterocycles. The molecule has 0 amide bonds. The average molecular weight is 468 g/mol. The summed E-state index contributed by atoms with van der Waals surface area (Å²) in [5.41, 5.74) is 0.396. The summed E-state index contributed by atoms with van der Waals surface area (Å²) in [6.07, 6.45) is 0. The Bertz CT molecular complexity index is 1100. The van der Waals surface area contributed by atoms with Gasteiger partial charge in [-0.05, 0) is 71.2 Å². The summed E-state index contributed by atoms with van der Waals surface area (Å²) in [5.74, 6) is 0.351. The lowest BCUT2D eigenvalue weighted by Gasteiger charge is -2.10. The molecule has 25 heavy (non-hydrogen) atoms. The minimum atomic E-state index is -0.534. The van der Waals surface area contributed by atoms with Gasteiger partial charge >= 0.3 is 0 Å². The number of aromatic amines is 1. The number of nitrogens with zero attached hydrogens (tertiary/aromatic N) is 1. The molecule has 128 valence electrons. The first-order valence-electron chi connectivity index (χ1n) is 7.17. The zero-order chi connectivity index (χ0) is 18.1. The summed E-state index contributed by atoms with van der Waals surface area (Å²) in [6.45, 7) is 0. The Balaban J connectivity index is 2.21. The van der Waals surface area contributed by atoms with E-state index in [9.17, 15) is 9.59 Å². The number of methoxy groups -OCH3 is 2. The molecular weight excluding hydrogens is 455 g/mol. The highest BCUT2D eigenvalue weighted by molar-refractivity contribution is 14.1. The van der Waals surface area contributed by atoms with Crippen LogP contribution in [0.25, 0.3) is 10.9 Å². The average Bonchev–Trinajstić information content (AvgIpc) is 2.61. The minimum Gasteiger partial charge on any atom is -0.493 e. The highest BCUT2D eigenvalue weighted by Gasteiger charge is 2.17. The maximum absolute atomic E-state index is 12.9. The van der Waals surface area contributed by atoms with Crippen LogP contribution in [0.2, 0.25) is 0 Å². The van der Waals surface area contributed by atoms with Crippen molar-refractivity contribution in [2.75, 3.05) is 14.2 Å². The van der Waals surface area contributed by atoms with Crippen molar-refractivity contribution in [2.24, 2.45) is 0 Å². The number of rotatable bonds is 3. The molecule has 0 atom stereocenters. The topological polar surface area (TPSA) is 73.3 Å². The van der Waals surface area contributed by atoms with E-state index in [1.807, 2.05) is 6.07 Å². The molecule has 1 N–H and O–H groups in total. The van der Waals surface area contributed by atoms with Crippen molar-refractivity contribution in [1.82, 2.24) is 9.55 Å². The van der Waals surface area contributed by atoms with Crippen LogP contribution in [0.15, 0.2) is 41.2 Å². The predicted octanol–water partition coefficient (Wildman–Crippen LogP) is 3.37. The molecule has 0 spiro atoms. The fourth-order valence-corrected chi connectivity index (χ4v) is 3.24. The van der Waals surface area contributed by atoms with E-state index in [4.69, 9.17) is 21.7 Å². The van der Waals surface area contributed by atoms with Crippen LogP contribution in [-0.2, 0) is 0 Å². The molecule has 0 fully saturated rings. The number of ether oxygens (including phenoxy) is 2. The summed E-state index contributed by atoms with van der Waals surface area (Å²) in [4.78, 5) is 28.6. The summed E-state index contributed by atoms with van der Waals surface area (Å²) in [6, 6.07) is 10.0. The molecule has 3 rings (SSSR count). The fourth-order valence-electron chi connectivity index (χ4n) is 2.47. The Morgan fingerprint density at radius 1 is 1.12 bits per heavy atom. The van der Waals surface area contributed by atoms with Crippen molar-refractivity contribution in [2.45, 2.75) is 0 Å². The van der Waals surface area contributed by atoms with Crippen molar-refractivity contribution in [3.05, 3.63) is 60.7 Å². The van der Waals surface area contributed by atoms with Gasteiger partial charge in [0.25, 0.3) is 11.5 Å². The zero-order valence-corrected chi connectivity index (χ0v) is 16.3. The third-order valence-corrected chi connectivity index (χ3v) is 4.65. The molecule has 0 aliphatic carbocycles. The van der Waals surface area contributed by atoms with E-state index in [2.05, 4.69) is 27.6 Å². The van der Waals surface area contributed by atoms with Crippen molar-refractivity contribution in [3.63, 3.8) is 0 Å². The molecule has 0 aliphatic rings. The van der Waals surface area contributed by atoms with E-state index in [0.717, 1.165) is 8.14 Å². The number of halogens is 1. The molecular formula is C17H13IN2O4S. The van der Waals surface area contributed by atoms with Gasteiger partial charge in [0.2, 0.25) is 0 Å². The molecule has 0 saturated carbocycles. The van der Waals surface area contributed by atoms with Gasteiger partial charge in [0.1, 0.15) is 0 Å². The number of fused-ring (bicyclic) bond motifs is 1. The lowest BCUT2D eigenvalue weighted by molar-refractivity contribution is 0.0953. The number of H-pyrrole nitrogens is 1. The number of nitrogens with one attached hydrogen (secondary N) is 1. The Labute approximate surface area is 161 Å². The molecule has 3 aromatic rings. The van der Waals surface area contributed by atoms with Crippen LogP contribution in [-0.4, -0.2) is 29.7 Å². The van der Waals surface area contributed by atoms with Gasteiger partial charge in [0, 0.05) is 9.13 Å². The van der Waals surface area contributed by atoms with Gasteiger partial charge in [-0.15, -0.1) is 0 Å². The van der Waals surface area contributed by atoms with Crippen molar-refractivity contribution >= 4 is 51.6 Å². The lowest BCUT2D eigenvalue weighted by Crippen LogP contribution is -2.29. The molecule has 0 bridgehead atoms. The second-order valence-corrected chi connectivity index (χ2v) is 6.77. The zero-order valence-electron chi connectivity index (χ0n) is 13.3. The van der Waals surface area contributed by atoms with Gasteiger partial charge in [0.15, 0.2) is 16.3 Å². The van der Waals surface area contributed by atoms with Crippen LogP contribution < -0.4 is 15.0 Å². The maximum atomic E-state index is 12.9. The van der Waals surface area contributed by atoms with Gasteiger partial charge in [-0.2, -0.15) is 0 Å². The quantitative estimate of drug-likeness (QED) is 0.472. The normalized spacial score (nSPS) is 10.7. The third-order valence-electron chi connectivity index (χ3n) is 3.69. The van der Waals surface area contributed by atoms with Crippen molar-refractivity contribution < 1.29 is 14.3 Å². The van der Waals surface area contributed by atoms with Crippen LogP contribution in [0.4, 0.5) is 0 Å². The van der Waals surface area contributed by atoms with Crippen LogP contribution in [0.3, 0.4) is 0 Å². The standard InChI is InChI=1S/C17H13IN2O4S/c1-23-13-6-3-9(7-14(13)24-2)15(21)20-16(22)11-8-10(18)4-5-12(11)19-17(20)25/h3-8H,1-2H3,(H,19,25). The van der Waals surface area contributed by atoms with E-state index in [-0.39, 0.29) is 10.3 Å². The van der Waals surface area contributed by atoms with E-state index in [1.165, 1.54) is 20.3 Å². The number of aromatic nitrogens is 2. The summed E-state index contributed by atoms with van der Waals surface area (Å²) < 4.78 is 12.3. The maximum Gasteiger partial charge on any atom is 0.269 e. The minimum absolute atomic E-state index is 0.0403. The number of carbonyl (C=O) groups is 1. The van der Waals surface area contributed by atoms with Crippen LogP contribution in [0, 0.1) is 8.34 Å². The molecule has 8 heteroatoms. The third kappa shape index (κ3) is 3.19. The van der Waals surface area contributed by atoms with E-state index in [1.54, 1.807) is 24.3 Å². The van der Waals surface area contributed by atoms with Gasteiger partial charge < -0.3 is 14.5 Å².